The van der Waals surface area contributed by atoms with Crippen molar-refractivity contribution in [1.29, 1.82) is 0 Å². The van der Waals surface area contributed by atoms with Crippen molar-refractivity contribution in [1.82, 2.24) is 14.9 Å². The summed E-state index contributed by atoms with van der Waals surface area (Å²) in [5.74, 6) is 1.26. The summed E-state index contributed by atoms with van der Waals surface area (Å²) < 4.78 is 0.513. The zero-order valence-corrected chi connectivity index (χ0v) is 12.7. The Hall–Kier alpha value is -0.920. The van der Waals surface area contributed by atoms with Crippen molar-refractivity contribution < 1.29 is 0 Å². The van der Waals surface area contributed by atoms with Gasteiger partial charge in [-0.25, -0.2) is 4.98 Å². The van der Waals surface area contributed by atoms with Gasteiger partial charge in [-0.1, -0.05) is 6.92 Å². The zero-order valence-electron chi connectivity index (χ0n) is 11.1. The fourth-order valence-corrected chi connectivity index (χ4v) is 2.72. The van der Waals surface area contributed by atoms with Gasteiger partial charge in [0.1, 0.15) is 10.3 Å². The SMILES string of the molecule is CC(CN)CN1CCN(c2nc[nH]c(=O)c2Br)CC1. The van der Waals surface area contributed by atoms with Crippen LogP contribution in [0.1, 0.15) is 6.92 Å². The Kier molecular flexibility index (Phi) is 4.95. The number of halogens is 1. The van der Waals surface area contributed by atoms with E-state index in [0.717, 1.165) is 45.1 Å². The molecule has 2 rings (SSSR count). The molecule has 7 heteroatoms. The lowest BCUT2D eigenvalue weighted by Crippen LogP contribution is -2.48. The molecule has 6 nitrogen and oxygen atoms in total. The minimum absolute atomic E-state index is 0.135. The minimum Gasteiger partial charge on any atom is -0.353 e. The Morgan fingerprint density at radius 1 is 1.47 bits per heavy atom. The molecule has 0 aliphatic carbocycles. The standard InChI is InChI=1S/C12H20BrN5O/c1-9(6-14)7-17-2-4-18(5-3-17)11-10(13)12(19)16-8-15-11/h8-9H,2-7,14H2,1H3,(H,15,16,19). The second kappa shape index (κ2) is 6.49. The molecule has 1 unspecified atom stereocenters. The molecule has 0 spiro atoms. The lowest BCUT2D eigenvalue weighted by molar-refractivity contribution is 0.226. The number of H-pyrrole nitrogens is 1. The fraction of sp³-hybridized carbons (Fsp3) is 0.667. The van der Waals surface area contributed by atoms with Crippen LogP contribution in [0.4, 0.5) is 5.82 Å². The number of rotatable bonds is 4. The number of nitrogens with two attached hydrogens (primary N) is 1. The van der Waals surface area contributed by atoms with Gasteiger partial charge in [0, 0.05) is 32.7 Å². The van der Waals surface area contributed by atoms with Gasteiger partial charge >= 0.3 is 0 Å². The molecular formula is C12H20BrN5O. The van der Waals surface area contributed by atoms with Gasteiger partial charge in [0.15, 0.2) is 0 Å². The quantitative estimate of drug-likeness (QED) is 0.827. The van der Waals surface area contributed by atoms with Crippen LogP contribution in [0.2, 0.25) is 0 Å². The molecule has 0 bridgehead atoms. The summed E-state index contributed by atoms with van der Waals surface area (Å²) in [6, 6.07) is 0. The number of nitrogens with one attached hydrogen (secondary N) is 1. The number of hydrogen-bond acceptors (Lipinski definition) is 5. The Morgan fingerprint density at radius 3 is 2.79 bits per heavy atom. The maximum Gasteiger partial charge on any atom is 0.267 e. The van der Waals surface area contributed by atoms with Crippen LogP contribution in [0.3, 0.4) is 0 Å². The van der Waals surface area contributed by atoms with Crippen LogP contribution in [0.5, 0.6) is 0 Å². The highest BCUT2D eigenvalue weighted by Crippen LogP contribution is 2.20. The zero-order chi connectivity index (χ0) is 13.8. The first-order valence-corrected chi connectivity index (χ1v) is 7.31. The first-order chi connectivity index (χ1) is 9.11. The van der Waals surface area contributed by atoms with Crippen LogP contribution in [-0.2, 0) is 0 Å². The van der Waals surface area contributed by atoms with Gasteiger partial charge in [-0.15, -0.1) is 0 Å². The molecule has 1 aromatic heterocycles. The molecule has 1 aromatic rings. The number of hydrogen-bond donors (Lipinski definition) is 2. The first kappa shape index (κ1) is 14.5. The van der Waals surface area contributed by atoms with E-state index < -0.39 is 0 Å². The molecule has 0 amide bonds. The van der Waals surface area contributed by atoms with E-state index >= 15 is 0 Å². The number of nitrogens with zero attached hydrogens (tertiary/aromatic N) is 3. The number of aromatic nitrogens is 2. The summed E-state index contributed by atoms with van der Waals surface area (Å²) in [7, 11) is 0. The van der Waals surface area contributed by atoms with Crippen molar-refractivity contribution in [2.45, 2.75) is 6.92 Å². The van der Waals surface area contributed by atoms with Crippen molar-refractivity contribution in [2.75, 3.05) is 44.2 Å². The average Bonchev–Trinajstić information content (AvgIpc) is 2.43. The van der Waals surface area contributed by atoms with E-state index in [1.54, 1.807) is 0 Å². The van der Waals surface area contributed by atoms with Crippen LogP contribution < -0.4 is 16.2 Å². The van der Waals surface area contributed by atoms with Crippen molar-refractivity contribution in [3.63, 3.8) is 0 Å². The molecule has 106 valence electrons. The fourth-order valence-electron chi connectivity index (χ4n) is 2.25. The van der Waals surface area contributed by atoms with Gasteiger partial charge < -0.3 is 15.6 Å². The van der Waals surface area contributed by atoms with E-state index in [9.17, 15) is 4.79 Å². The molecule has 1 fully saturated rings. The molecule has 19 heavy (non-hydrogen) atoms. The number of anilines is 1. The van der Waals surface area contributed by atoms with Crippen LogP contribution >= 0.6 is 15.9 Å². The van der Waals surface area contributed by atoms with Gasteiger partial charge in [-0.2, -0.15) is 0 Å². The summed E-state index contributed by atoms with van der Waals surface area (Å²) in [6.45, 7) is 7.64. The minimum atomic E-state index is -0.135. The molecule has 0 aromatic carbocycles. The summed E-state index contributed by atoms with van der Waals surface area (Å²) in [6.07, 6.45) is 1.45. The maximum atomic E-state index is 11.5. The summed E-state index contributed by atoms with van der Waals surface area (Å²) in [5, 5.41) is 0. The van der Waals surface area contributed by atoms with Crippen molar-refractivity contribution in [3.8, 4) is 0 Å². The van der Waals surface area contributed by atoms with E-state index in [1.807, 2.05) is 0 Å². The molecule has 1 aliphatic heterocycles. The summed E-state index contributed by atoms with van der Waals surface area (Å²) in [5.41, 5.74) is 5.52. The van der Waals surface area contributed by atoms with Gasteiger partial charge in [-0.3, -0.25) is 9.69 Å². The predicted molar refractivity (Wildman–Crippen MR) is 79.4 cm³/mol. The van der Waals surface area contributed by atoms with Gasteiger partial charge in [-0.05, 0) is 28.4 Å². The summed E-state index contributed by atoms with van der Waals surface area (Å²) in [4.78, 5) is 22.9. The molecule has 1 saturated heterocycles. The number of aromatic amines is 1. The second-order valence-corrected chi connectivity index (χ2v) is 5.79. The Balaban J connectivity index is 1.96. The topological polar surface area (TPSA) is 78.2 Å². The van der Waals surface area contributed by atoms with Gasteiger partial charge in [0.25, 0.3) is 5.56 Å². The third-order valence-corrected chi connectivity index (χ3v) is 4.14. The van der Waals surface area contributed by atoms with E-state index in [0.29, 0.717) is 10.4 Å². The van der Waals surface area contributed by atoms with Crippen molar-refractivity contribution in [2.24, 2.45) is 11.7 Å². The van der Waals surface area contributed by atoms with Gasteiger partial charge in [0.2, 0.25) is 0 Å². The average molecular weight is 330 g/mol. The lowest BCUT2D eigenvalue weighted by atomic mass is 10.1. The van der Waals surface area contributed by atoms with Crippen LogP contribution in [0.15, 0.2) is 15.6 Å². The molecule has 2 heterocycles. The molecule has 1 atom stereocenters. The largest absolute Gasteiger partial charge is 0.353 e. The normalized spacial score (nSPS) is 18.6. The highest BCUT2D eigenvalue weighted by molar-refractivity contribution is 9.10. The van der Waals surface area contributed by atoms with E-state index in [1.165, 1.54) is 6.33 Å². The Labute approximate surface area is 121 Å². The second-order valence-electron chi connectivity index (χ2n) is 5.00. The highest BCUT2D eigenvalue weighted by Gasteiger charge is 2.21. The smallest absolute Gasteiger partial charge is 0.267 e. The highest BCUT2D eigenvalue weighted by atomic mass is 79.9. The van der Waals surface area contributed by atoms with E-state index in [4.69, 9.17) is 5.73 Å². The predicted octanol–water partition coefficient (Wildman–Crippen LogP) is 0.249. The van der Waals surface area contributed by atoms with Crippen molar-refractivity contribution >= 4 is 21.7 Å². The van der Waals surface area contributed by atoms with E-state index in [-0.39, 0.29) is 5.56 Å². The lowest BCUT2D eigenvalue weighted by Gasteiger charge is -2.36. The summed E-state index contributed by atoms with van der Waals surface area (Å²) >= 11 is 3.30. The first-order valence-electron chi connectivity index (χ1n) is 6.52. The molecule has 1 aliphatic rings. The molecule has 0 radical (unpaired) electrons. The molecule has 3 N–H and O–H groups in total. The molecular weight excluding hydrogens is 310 g/mol. The number of piperazine rings is 1. The third kappa shape index (κ3) is 3.55. The Bertz CT molecular complexity index is 469. The Morgan fingerprint density at radius 2 is 2.16 bits per heavy atom. The van der Waals surface area contributed by atoms with E-state index in [2.05, 4.69) is 42.6 Å². The third-order valence-electron chi connectivity index (χ3n) is 3.42. The van der Waals surface area contributed by atoms with Crippen molar-refractivity contribution in [3.05, 3.63) is 21.2 Å². The van der Waals surface area contributed by atoms with Gasteiger partial charge in [0.05, 0.1) is 6.33 Å². The maximum absolute atomic E-state index is 11.5. The van der Waals surface area contributed by atoms with Crippen LogP contribution in [-0.4, -0.2) is 54.1 Å². The van der Waals surface area contributed by atoms with Crippen LogP contribution in [0, 0.1) is 5.92 Å². The van der Waals surface area contributed by atoms with Crippen LogP contribution in [0.25, 0.3) is 0 Å². The monoisotopic (exact) mass is 329 g/mol. The molecule has 0 saturated carbocycles.